The molecule has 0 unspecified atom stereocenters. The molecule has 0 saturated heterocycles. The highest BCUT2D eigenvalue weighted by Gasteiger charge is 2.27. The van der Waals surface area contributed by atoms with Gasteiger partial charge in [0.25, 0.3) is 0 Å². The molecule has 1 aromatic carbocycles. The summed E-state index contributed by atoms with van der Waals surface area (Å²) in [7, 11) is 0. The molecule has 0 N–H and O–H groups in total. The predicted octanol–water partition coefficient (Wildman–Crippen LogP) is 2.66. The Morgan fingerprint density at radius 2 is 2.21 bits per heavy atom. The number of rotatable bonds is 0. The van der Waals surface area contributed by atoms with E-state index in [0.717, 1.165) is 29.7 Å². The normalized spacial score (nSPS) is 17.8. The van der Waals surface area contributed by atoms with E-state index in [9.17, 15) is 0 Å². The molecule has 0 atom stereocenters. The summed E-state index contributed by atoms with van der Waals surface area (Å²) in [5, 5.41) is 8.92. The Balaban J connectivity index is 2.47. The molecule has 2 rings (SSSR count). The average molecular weight is 187 g/mol. The van der Waals surface area contributed by atoms with Crippen LogP contribution in [0.15, 0.2) is 18.2 Å². The predicted molar refractivity (Wildman–Crippen MR) is 54.2 cm³/mol. The van der Waals surface area contributed by atoms with E-state index in [1.54, 1.807) is 0 Å². The molecule has 2 heteroatoms. The highest BCUT2D eigenvalue weighted by atomic mass is 16.5. The van der Waals surface area contributed by atoms with Crippen molar-refractivity contribution in [2.45, 2.75) is 32.3 Å². The van der Waals surface area contributed by atoms with Crippen LogP contribution in [0.3, 0.4) is 0 Å². The molecule has 2 nitrogen and oxygen atoms in total. The summed E-state index contributed by atoms with van der Waals surface area (Å²) in [6.45, 7) is 4.16. The van der Waals surface area contributed by atoms with E-state index < -0.39 is 0 Å². The minimum atomic E-state index is -0.0962. The third kappa shape index (κ3) is 1.46. The highest BCUT2D eigenvalue weighted by molar-refractivity contribution is 5.48. The van der Waals surface area contributed by atoms with Gasteiger partial charge in [0.05, 0.1) is 11.6 Å². The molecule has 1 aromatic rings. The van der Waals surface area contributed by atoms with Crippen molar-refractivity contribution < 1.29 is 4.74 Å². The first-order valence-electron chi connectivity index (χ1n) is 4.83. The van der Waals surface area contributed by atoms with Crippen molar-refractivity contribution in [1.82, 2.24) is 0 Å². The van der Waals surface area contributed by atoms with E-state index in [2.05, 4.69) is 19.9 Å². The number of hydrogen-bond donors (Lipinski definition) is 0. The van der Waals surface area contributed by atoms with Crippen LogP contribution in [0.1, 0.15) is 31.4 Å². The SMILES string of the molecule is CC1(C)CCc2c(C#N)cccc2O1. The summed E-state index contributed by atoms with van der Waals surface area (Å²) in [6.07, 6.45) is 1.91. The Hall–Kier alpha value is -1.49. The Labute approximate surface area is 84.1 Å². The second kappa shape index (κ2) is 3.02. The van der Waals surface area contributed by atoms with Crippen LogP contribution in [0.25, 0.3) is 0 Å². The van der Waals surface area contributed by atoms with Gasteiger partial charge in [-0.3, -0.25) is 0 Å². The number of benzene rings is 1. The van der Waals surface area contributed by atoms with Gasteiger partial charge < -0.3 is 4.74 Å². The molecule has 0 aromatic heterocycles. The number of nitrogens with zero attached hydrogens (tertiary/aromatic N) is 1. The maximum Gasteiger partial charge on any atom is 0.124 e. The zero-order valence-electron chi connectivity index (χ0n) is 8.50. The lowest BCUT2D eigenvalue weighted by Crippen LogP contribution is -2.32. The molecule has 0 saturated carbocycles. The number of nitriles is 1. The Morgan fingerprint density at radius 3 is 2.93 bits per heavy atom. The van der Waals surface area contributed by atoms with E-state index in [-0.39, 0.29) is 5.60 Å². The summed E-state index contributed by atoms with van der Waals surface area (Å²) in [6, 6.07) is 7.87. The van der Waals surface area contributed by atoms with Crippen LogP contribution in [0.5, 0.6) is 5.75 Å². The van der Waals surface area contributed by atoms with Crippen LogP contribution in [-0.4, -0.2) is 5.60 Å². The van der Waals surface area contributed by atoms with Gasteiger partial charge in [-0.05, 0) is 38.8 Å². The van der Waals surface area contributed by atoms with Gasteiger partial charge in [-0.1, -0.05) is 6.07 Å². The topological polar surface area (TPSA) is 33.0 Å². The summed E-state index contributed by atoms with van der Waals surface area (Å²) >= 11 is 0. The molecular formula is C12H13NO. The fourth-order valence-corrected chi connectivity index (χ4v) is 1.80. The Morgan fingerprint density at radius 1 is 1.43 bits per heavy atom. The lowest BCUT2D eigenvalue weighted by molar-refractivity contribution is 0.0846. The molecule has 0 aliphatic carbocycles. The van der Waals surface area contributed by atoms with Gasteiger partial charge in [-0.2, -0.15) is 5.26 Å². The third-order valence-corrected chi connectivity index (χ3v) is 2.62. The molecule has 14 heavy (non-hydrogen) atoms. The standard InChI is InChI=1S/C12H13NO/c1-12(2)7-6-10-9(8-13)4-3-5-11(10)14-12/h3-5H,6-7H2,1-2H3. The van der Waals surface area contributed by atoms with Crippen molar-refractivity contribution in [2.24, 2.45) is 0 Å². The average Bonchev–Trinajstić information content (AvgIpc) is 2.15. The maximum absolute atomic E-state index is 8.92. The zero-order chi connectivity index (χ0) is 10.2. The fourth-order valence-electron chi connectivity index (χ4n) is 1.80. The molecule has 0 bridgehead atoms. The molecular weight excluding hydrogens is 174 g/mol. The van der Waals surface area contributed by atoms with Gasteiger partial charge in [0.2, 0.25) is 0 Å². The van der Waals surface area contributed by atoms with E-state index in [1.165, 1.54) is 0 Å². The van der Waals surface area contributed by atoms with E-state index in [1.807, 2.05) is 18.2 Å². The quantitative estimate of drug-likeness (QED) is 0.625. The van der Waals surface area contributed by atoms with Crippen LogP contribution < -0.4 is 4.74 Å². The van der Waals surface area contributed by atoms with Crippen LogP contribution in [0, 0.1) is 11.3 Å². The largest absolute Gasteiger partial charge is 0.488 e. The summed E-state index contributed by atoms with van der Waals surface area (Å²) < 4.78 is 5.81. The first kappa shape index (κ1) is 9.08. The molecule has 1 heterocycles. The first-order chi connectivity index (χ1) is 6.62. The summed E-state index contributed by atoms with van der Waals surface area (Å²) in [5.74, 6) is 0.875. The van der Waals surface area contributed by atoms with E-state index >= 15 is 0 Å². The van der Waals surface area contributed by atoms with Crippen molar-refractivity contribution in [3.63, 3.8) is 0 Å². The smallest absolute Gasteiger partial charge is 0.124 e. The first-order valence-corrected chi connectivity index (χ1v) is 4.83. The zero-order valence-corrected chi connectivity index (χ0v) is 8.50. The van der Waals surface area contributed by atoms with Gasteiger partial charge in [0.1, 0.15) is 11.4 Å². The van der Waals surface area contributed by atoms with Gasteiger partial charge in [-0.15, -0.1) is 0 Å². The van der Waals surface area contributed by atoms with Crippen molar-refractivity contribution in [1.29, 1.82) is 5.26 Å². The van der Waals surface area contributed by atoms with Crippen LogP contribution >= 0.6 is 0 Å². The van der Waals surface area contributed by atoms with Crippen LogP contribution in [0.2, 0.25) is 0 Å². The summed E-state index contributed by atoms with van der Waals surface area (Å²) in [4.78, 5) is 0. The third-order valence-electron chi connectivity index (χ3n) is 2.62. The maximum atomic E-state index is 8.92. The molecule has 1 aliphatic rings. The molecule has 0 radical (unpaired) electrons. The number of ether oxygens (including phenoxy) is 1. The number of hydrogen-bond acceptors (Lipinski definition) is 2. The van der Waals surface area contributed by atoms with Gasteiger partial charge >= 0.3 is 0 Å². The number of fused-ring (bicyclic) bond motifs is 1. The van der Waals surface area contributed by atoms with Gasteiger partial charge in [0.15, 0.2) is 0 Å². The van der Waals surface area contributed by atoms with Crippen molar-refractivity contribution in [3.8, 4) is 11.8 Å². The van der Waals surface area contributed by atoms with Gasteiger partial charge in [-0.25, -0.2) is 0 Å². The van der Waals surface area contributed by atoms with E-state index in [4.69, 9.17) is 10.00 Å². The summed E-state index contributed by atoms with van der Waals surface area (Å²) in [5.41, 5.74) is 1.72. The lowest BCUT2D eigenvalue weighted by Gasteiger charge is -2.32. The van der Waals surface area contributed by atoms with Crippen molar-refractivity contribution in [2.75, 3.05) is 0 Å². The molecule has 72 valence electrons. The Kier molecular flexibility index (Phi) is 1.96. The lowest BCUT2D eigenvalue weighted by atomic mass is 9.92. The Bertz CT molecular complexity index is 401. The minimum absolute atomic E-state index is 0.0962. The second-order valence-electron chi connectivity index (χ2n) is 4.26. The van der Waals surface area contributed by atoms with Gasteiger partial charge in [0, 0.05) is 5.56 Å². The van der Waals surface area contributed by atoms with Crippen LogP contribution in [0.4, 0.5) is 0 Å². The molecule has 1 aliphatic heterocycles. The fraction of sp³-hybridized carbons (Fsp3) is 0.417. The van der Waals surface area contributed by atoms with E-state index in [0.29, 0.717) is 0 Å². The monoisotopic (exact) mass is 187 g/mol. The van der Waals surface area contributed by atoms with Crippen LogP contribution in [-0.2, 0) is 6.42 Å². The molecule has 0 fully saturated rings. The van der Waals surface area contributed by atoms with Crippen molar-refractivity contribution >= 4 is 0 Å². The second-order valence-corrected chi connectivity index (χ2v) is 4.26. The minimum Gasteiger partial charge on any atom is -0.488 e. The van der Waals surface area contributed by atoms with Crippen molar-refractivity contribution in [3.05, 3.63) is 29.3 Å². The molecule has 0 amide bonds. The highest BCUT2D eigenvalue weighted by Crippen LogP contribution is 2.34. The molecule has 0 spiro atoms.